The summed E-state index contributed by atoms with van der Waals surface area (Å²) >= 11 is 3.55. The van der Waals surface area contributed by atoms with Gasteiger partial charge in [-0.1, -0.05) is 29.8 Å². The van der Waals surface area contributed by atoms with Crippen LogP contribution in [0.2, 0.25) is 0 Å². The van der Waals surface area contributed by atoms with Crippen LogP contribution in [0, 0.1) is 12.3 Å². The van der Waals surface area contributed by atoms with Crippen molar-refractivity contribution < 1.29 is 0 Å². The molecule has 1 fully saturated rings. The number of hydrogen-bond donors (Lipinski definition) is 1. The molecule has 1 aliphatic rings. The Balaban J connectivity index is 2.35. The molecule has 0 radical (unpaired) electrons. The number of nitrogens with zero attached hydrogens (tertiary/aromatic N) is 1. The topological polar surface area (TPSA) is 15.3 Å². The van der Waals surface area contributed by atoms with E-state index < -0.39 is 0 Å². The fraction of sp³-hybridized carbons (Fsp3) is 0.625. The van der Waals surface area contributed by atoms with E-state index in [1.807, 2.05) is 0 Å². The average Bonchev–Trinajstić information content (AvgIpc) is 2.35. The first-order valence-electron chi connectivity index (χ1n) is 6.95. The second-order valence-corrected chi connectivity index (χ2v) is 8.10. The fourth-order valence-corrected chi connectivity index (χ4v) is 3.26. The van der Waals surface area contributed by atoms with Crippen molar-refractivity contribution >= 4 is 21.6 Å². The summed E-state index contributed by atoms with van der Waals surface area (Å²) in [7, 11) is 0. The maximum atomic E-state index is 3.69. The second-order valence-electron chi connectivity index (χ2n) is 7.19. The molecule has 1 saturated heterocycles. The summed E-state index contributed by atoms with van der Waals surface area (Å²) in [6.45, 7) is 14.6. The zero-order valence-electron chi connectivity index (χ0n) is 12.7. The summed E-state index contributed by atoms with van der Waals surface area (Å²) in [4.78, 5) is 2.53. The lowest BCUT2D eigenvalue weighted by atomic mass is 9.93. The number of anilines is 1. The highest BCUT2D eigenvalue weighted by atomic mass is 79.9. The third kappa shape index (κ3) is 3.73. The van der Waals surface area contributed by atoms with Crippen molar-refractivity contribution in [3.63, 3.8) is 0 Å². The molecule has 0 bridgehead atoms. The molecule has 0 atom stereocenters. The highest BCUT2D eigenvalue weighted by molar-refractivity contribution is 9.10. The summed E-state index contributed by atoms with van der Waals surface area (Å²) < 4.78 is 1.15. The predicted molar refractivity (Wildman–Crippen MR) is 87.0 cm³/mol. The molecule has 1 aromatic carbocycles. The Morgan fingerprint density at radius 2 is 1.84 bits per heavy atom. The Bertz CT molecular complexity index is 448. The van der Waals surface area contributed by atoms with Crippen LogP contribution >= 0.6 is 15.9 Å². The molecule has 0 unspecified atom stereocenters. The van der Waals surface area contributed by atoms with E-state index in [4.69, 9.17) is 0 Å². The highest BCUT2D eigenvalue weighted by Crippen LogP contribution is 2.30. The zero-order chi connectivity index (χ0) is 14.3. The SMILES string of the molecule is Cc1cc(Br)ccc1N1CC(C)(C)CNC(C)(C)C1. The van der Waals surface area contributed by atoms with Gasteiger partial charge in [0.15, 0.2) is 0 Å². The van der Waals surface area contributed by atoms with Crippen LogP contribution in [0.4, 0.5) is 5.69 Å². The largest absolute Gasteiger partial charge is 0.369 e. The van der Waals surface area contributed by atoms with Gasteiger partial charge in [0.2, 0.25) is 0 Å². The number of aryl methyl sites for hydroxylation is 1. The lowest BCUT2D eigenvalue weighted by Gasteiger charge is -2.34. The summed E-state index contributed by atoms with van der Waals surface area (Å²) in [6, 6.07) is 6.57. The fourth-order valence-electron chi connectivity index (χ4n) is 2.78. The molecule has 0 amide bonds. The van der Waals surface area contributed by atoms with Gasteiger partial charge in [-0.3, -0.25) is 0 Å². The molecule has 0 spiro atoms. The van der Waals surface area contributed by atoms with Gasteiger partial charge in [-0.2, -0.15) is 0 Å². The van der Waals surface area contributed by atoms with Gasteiger partial charge in [-0.15, -0.1) is 0 Å². The van der Waals surface area contributed by atoms with E-state index in [0.717, 1.165) is 24.1 Å². The Labute approximate surface area is 125 Å². The quantitative estimate of drug-likeness (QED) is 0.840. The first-order valence-corrected chi connectivity index (χ1v) is 7.74. The molecular formula is C16H25BrN2. The van der Waals surface area contributed by atoms with Crippen molar-refractivity contribution in [2.24, 2.45) is 5.41 Å². The van der Waals surface area contributed by atoms with E-state index in [2.05, 4.69) is 79.0 Å². The molecular weight excluding hydrogens is 300 g/mol. The Morgan fingerprint density at radius 1 is 1.16 bits per heavy atom. The molecule has 106 valence electrons. The molecule has 1 aromatic rings. The van der Waals surface area contributed by atoms with Crippen LogP contribution in [0.15, 0.2) is 22.7 Å². The van der Waals surface area contributed by atoms with Crippen molar-refractivity contribution in [3.05, 3.63) is 28.2 Å². The van der Waals surface area contributed by atoms with Gasteiger partial charge in [-0.05, 0) is 49.9 Å². The molecule has 1 heterocycles. The first-order chi connectivity index (χ1) is 8.69. The van der Waals surface area contributed by atoms with E-state index in [-0.39, 0.29) is 11.0 Å². The molecule has 19 heavy (non-hydrogen) atoms. The van der Waals surface area contributed by atoms with E-state index in [1.54, 1.807) is 0 Å². The Hall–Kier alpha value is -0.540. The van der Waals surface area contributed by atoms with Crippen molar-refractivity contribution in [1.29, 1.82) is 0 Å². The number of hydrogen-bond acceptors (Lipinski definition) is 2. The second kappa shape index (κ2) is 5.10. The first kappa shape index (κ1) is 14.9. The van der Waals surface area contributed by atoms with Gasteiger partial charge >= 0.3 is 0 Å². The van der Waals surface area contributed by atoms with Crippen LogP contribution in [0.3, 0.4) is 0 Å². The average molecular weight is 325 g/mol. The van der Waals surface area contributed by atoms with Crippen LogP contribution in [-0.4, -0.2) is 25.2 Å². The molecule has 0 aliphatic carbocycles. The van der Waals surface area contributed by atoms with Gasteiger partial charge in [0.1, 0.15) is 0 Å². The normalized spacial score (nSPS) is 22.1. The van der Waals surface area contributed by atoms with E-state index in [1.165, 1.54) is 11.3 Å². The standard InChI is InChI=1S/C16H25BrN2/c1-12-8-13(17)6-7-14(12)19-10-15(2,3)9-18-16(4,5)11-19/h6-8,18H,9-11H2,1-5H3. The van der Waals surface area contributed by atoms with Crippen LogP contribution in [-0.2, 0) is 0 Å². The van der Waals surface area contributed by atoms with Crippen LogP contribution in [0.25, 0.3) is 0 Å². The van der Waals surface area contributed by atoms with Crippen LogP contribution in [0.1, 0.15) is 33.3 Å². The van der Waals surface area contributed by atoms with Gasteiger partial charge < -0.3 is 10.2 Å². The number of rotatable bonds is 1. The molecule has 2 rings (SSSR count). The number of halogens is 1. The Morgan fingerprint density at radius 3 is 2.47 bits per heavy atom. The van der Waals surface area contributed by atoms with Gasteiger partial charge in [0.25, 0.3) is 0 Å². The summed E-state index contributed by atoms with van der Waals surface area (Å²) in [6.07, 6.45) is 0. The van der Waals surface area contributed by atoms with Gasteiger partial charge in [0, 0.05) is 35.3 Å². The summed E-state index contributed by atoms with van der Waals surface area (Å²) in [5.74, 6) is 0. The predicted octanol–water partition coefficient (Wildman–Crippen LogP) is 3.97. The molecule has 0 saturated carbocycles. The molecule has 1 aliphatic heterocycles. The molecule has 3 heteroatoms. The minimum atomic E-state index is 0.146. The third-order valence-corrected chi connectivity index (χ3v) is 4.24. The van der Waals surface area contributed by atoms with Crippen molar-refractivity contribution in [2.45, 2.75) is 40.2 Å². The van der Waals surface area contributed by atoms with Gasteiger partial charge in [-0.25, -0.2) is 0 Å². The van der Waals surface area contributed by atoms with Crippen molar-refractivity contribution in [3.8, 4) is 0 Å². The summed E-state index contributed by atoms with van der Waals surface area (Å²) in [5, 5.41) is 3.69. The molecule has 1 N–H and O–H groups in total. The maximum absolute atomic E-state index is 3.69. The lowest BCUT2D eigenvalue weighted by molar-refractivity contribution is 0.332. The van der Waals surface area contributed by atoms with Crippen molar-refractivity contribution in [2.75, 3.05) is 24.5 Å². The minimum absolute atomic E-state index is 0.146. The van der Waals surface area contributed by atoms with Crippen LogP contribution in [0.5, 0.6) is 0 Å². The smallest absolute Gasteiger partial charge is 0.0397 e. The maximum Gasteiger partial charge on any atom is 0.0397 e. The van der Waals surface area contributed by atoms with Gasteiger partial charge in [0.05, 0.1) is 0 Å². The highest BCUT2D eigenvalue weighted by Gasteiger charge is 2.33. The third-order valence-electron chi connectivity index (χ3n) is 3.75. The lowest BCUT2D eigenvalue weighted by Crippen LogP contribution is -2.46. The molecule has 2 nitrogen and oxygen atoms in total. The van der Waals surface area contributed by atoms with E-state index in [0.29, 0.717) is 0 Å². The zero-order valence-corrected chi connectivity index (χ0v) is 14.3. The number of benzene rings is 1. The molecule has 0 aromatic heterocycles. The summed E-state index contributed by atoms with van der Waals surface area (Å²) in [5.41, 5.74) is 3.12. The minimum Gasteiger partial charge on any atom is -0.369 e. The van der Waals surface area contributed by atoms with E-state index >= 15 is 0 Å². The monoisotopic (exact) mass is 324 g/mol. The van der Waals surface area contributed by atoms with Crippen molar-refractivity contribution in [1.82, 2.24) is 5.32 Å². The number of nitrogens with one attached hydrogen (secondary N) is 1. The Kier molecular flexibility index (Phi) is 3.99. The van der Waals surface area contributed by atoms with Crippen LogP contribution < -0.4 is 10.2 Å². The van der Waals surface area contributed by atoms with E-state index in [9.17, 15) is 0 Å².